The van der Waals surface area contributed by atoms with E-state index in [9.17, 15) is 19.8 Å². The highest BCUT2D eigenvalue weighted by Gasteiger charge is 2.32. The minimum absolute atomic E-state index is 0.0316. The van der Waals surface area contributed by atoms with Gasteiger partial charge in [0, 0.05) is 25.6 Å². The highest BCUT2D eigenvalue weighted by Crippen LogP contribution is 2.25. The van der Waals surface area contributed by atoms with Gasteiger partial charge in [0.05, 0.1) is 6.04 Å². The first-order chi connectivity index (χ1) is 9.38. The quantitative estimate of drug-likeness (QED) is 0.715. The van der Waals surface area contributed by atoms with Crippen LogP contribution in [0.2, 0.25) is 0 Å². The lowest BCUT2D eigenvalue weighted by Crippen LogP contribution is -2.51. The average molecular weight is 278 g/mol. The second-order valence-corrected chi connectivity index (χ2v) is 5.05. The summed E-state index contributed by atoms with van der Waals surface area (Å²) >= 11 is 0. The summed E-state index contributed by atoms with van der Waals surface area (Å²) in [6, 6.07) is 3.63. The molecule has 1 aromatic rings. The van der Waals surface area contributed by atoms with E-state index in [-0.39, 0.29) is 29.4 Å². The predicted molar refractivity (Wildman–Crippen MR) is 72.1 cm³/mol. The molecule has 1 aliphatic heterocycles. The van der Waals surface area contributed by atoms with Crippen molar-refractivity contribution in [2.75, 3.05) is 7.05 Å². The number of rotatable bonds is 3. The van der Waals surface area contributed by atoms with Crippen molar-refractivity contribution >= 4 is 11.8 Å². The Labute approximate surface area is 117 Å². The first kappa shape index (κ1) is 14.3. The van der Waals surface area contributed by atoms with Crippen LogP contribution in [0, 0.1) is 0 Å². The van der Waals surface area contributed by atoms with Gasteiger partial charge < -0.3 is 10.2 Å². The maximum Gasteiger partial charge on any atom is 0.246 e. The second kappa shape index (κ2) is 5.50. The molecule has 0 spiro atoms. The van der Waals surface area contributed by atoms with Crippen molar-refractivity contribution in [3.8, 4) is 11.5 Å². The summed E-state index contributed by atoms with van der Waals surface area (Å²) in [6.07, 6.45) is 0.787. The van der Waals surface area contributed by atoms with E-state index in [1.165, 1.54) is 25.2 Å². The summed E-state index contributed by atoms with van der Waals surface area (Å²) in [5.41, 5.74) is 0.676. The van der Waals surface area contributed by atoms with Gasteiger partial charge in [-0.25, -0.2) is 0 Å². The first-order valence-corrected chi connectivity index (χ1v) is 6.48. The highest BCUT2D eigenvalue weighted by molar-refractivity contribution is 6.00. The Balaban J connectivity index is 2.09. The smallest absolute Gasteiger partial charge is 0.246 e. The summed E-state index contributed by atoms with van der Waals surface area (Å²) in [5, 5.41) is 22.1. The molecule has 0 radical (unpaired) electrons. The maximum atomic E-state index is 12.0. The van der Waals surface area contributed by atoms with Crippen LogP contribution < -0.4 is 5.32 Å². The van der Waals surface area contributed by atoms with E-state index in [1.807, 2.05) is 6.92 Å². The number of likely N-dealkylation sites (tertiary alicyclic amines) is 1. The molecule has 2 amide bonds. The Bertz CT molecular complexity index is 524. The molecule has 6 heteroatoms. The SMILES string of the molecule is CC(NC1CCC(=O)N(C)C1=O)c1cc(O)cc(O)c1. The van der Waals surface area contributed by atoms with E-state index in [0.717, 1.165) is 4.90 Å². The number of hydrogen-bond donors (Lipinski definition) is 3. The zero-order chi connectivity index (χ0) is 14.9. The van der Waals surface area contributed by atoms with E-state index >= 15 is 0 Å². The number of piperidine rings is 1. The molecule has 2 unspecified atom stereocenters. The maximum absolute atomic E-state index is 12.0. The number of imide groups is 1. The van der Waals surface area contributed by atoms with Crippen LogP contribution in [0.3, 0.4) is 0 Å². The van der Waals surface area contributed by atoms with Crippen LogP contribution in [0.5, 0.6) is 11.5 Å². The summed E-state index contributed by atoms with van der Waals surface area (Å²) < 4.78 is 0. The van der Waals surface area contributed by atoms with Crippen molar-refractivity contribution in [3.05, 3.63) is 23.8 Å². The van der Waals surface area contributed by atoms with Crippen molar-refractivity contribution in [1.29, 1.82) is 0 Å². The van der Waals surface area contributed by atoms with Crippen LogP contribution >= 0.6 is 0 Å². The zero-order valence-corrected chi connectivity index (χ0v) is 11.5. The van der Waals surface area contributed by atoms with Crippen LogP contribution in [-0.2, 0) is 9.59 Å². The van der Waals surface area contributed by atoms with Gasteiger partial charge in [0.25, 0.3) is 0 Å². The molecule has 6 nitrogen and oxygen atoms in total. The molecule has 20 heavy (non-hydrogen) atoms. The molecule has 1 saturated heterocycles. The zero-order valence-electron chi connectivity index (χ0n) is 11.5. The van der Waals surface area contributed by atoms with Gasteiger partial charge in [0.2, 0.25) is 11.8 Å². The minimum atomic E-state index is -0.433. The molecule has 1 aromatic carbocycles. The third-order valence-corrected chi connectivity index (χ3v) is 3.53. The minimum Gasteiger partial charge on any atom is -0.508 e. The van der Waals surface area contributed by atoms with E-state index in [1.54, 1.807) is 0 Å². The van der Waals surface area contributed by atoms with Gasteiger partial charge in [-0.2, -0.15) is 0 Å². The number of carbonyl (C=O) groups excluding carboxylic acids is 2. The number of phenolic OH excluding ortho intramolecular Hbond substituents is 2. The number of nitrogens with one attached hydrogen (secondary N) is 1. The summed E-state index contributed by atoms with van der Waals surface area (Å²) in [7, 11) is 1.48. The number of benzene rings is 1. The number of phenols is 2. The van der Waals surface area contributed by atoms with E-state index in [4.69, 9.17) is 0 Å². The second-order valence-electron chi connectivity index (χ2n) is 5.05. The number of aromatic hydroxyl groups is 2. The predicted octanol–water partition coefficient (Wildman–Crippen LogP) is 0.896. The summed E-state index contributed by atoms with van der Waals surface area (Å²) in [4.78, 5) is 24.5. The molecule has 1 aliphatic rings. The Morgan fingerprint density at radius 3 is 2.45 bits per heavy atom. The fraction of sp³-hybridized carbons (Fsp3) is 0.429. The Morgan fingerprint density at radius 2 is 1.85 bits per heavy atom. The van der Waals surface area contributed by atoms with Crippen LogP contribution in [-0.4, -0.2) is 40.0 Å². The van der Waals surface area contributed by atoms with Crippen molar-refractivity contribution in [1.82, 2.24) is 10.2 Å². The van der Waals surface area contributed by atoms with E-state index in [2.05, 4.69) is 5.32 Å². The molecular weight excluding hydrogens is 260 g/mol. The summed E-state index contributed by atoms with van der Waals surface area (Å²) in [5.74, 6) is -0.486. The monoisotopic (exact) mass is 278 g/mol. The largest absolute Gasteiger partial charge is 0.508 e. The van der Waals surface area contributed by atoms with E-state index in [0.29, 0.717) is 18.4 Å². The molecule has 2 atom stereocenters. The fourth-order valence-electron chi connectivity index (χ4n) is 2.34. The third-order valence-electron chi connectivity index (χ3n) is 3.53. The third kappa shape index (κ3) is 2.91. The standard InChI is InChI=1S/C14H18N2O4/c1-8(9-5-10(17)7-11(18)6-9)15-12-3-4-13(19)16(2)14(12)20/h5-8,12,15,17-18H,3-4H2,1-2H3. The Morgan fingerprint density at radius 1 is 1.25 bits per heavy atom. The van der Waals surface area contributed by atoms with Gasteiger partial charge in [-0.3, -0.25) is 19.8 Å². The Hall–Kier alpha value is -2.08. The van der Waals surface area contributed by atoms with Crippen LogP contribution in [0.15, 0.2) is 18.2 Å². The molecule has 1 heterocycles. The summed E-state index contributed by atoms with van der Waals surface area (Å²) in [6.45, 7) is 1.83. The van der Waals surface area contributed by atoms with Gasteiger partial charge in [-0.1, -0.05) is 0 Å². The number of likely N-dealkylation sites (N-methyl/N-ethyl adjacent to an activating group) is 1. The molecular formula is C14H18N2O4. The number of carbonyl (C=O) groups is 2. The highest BCUT2D eigenvalue weighted by atomic mass is 16.3. The molecule has 0 aliphatic carbocycles. The normalized spacial score (nSPS) is 21.1. The van der Waals surface area contributed by atoms with Crippen molar-refractivity contribution < 1.29 is 19.8 Å². The molecule has 0 aromatic heterocycles. The molecule has 108 valence electrons. The lowest BCUT2D eigenvalue weighted by atomic mass is 10.0. The van der Waals surface area contributed by atoms with Gasteiger partial charge >= 0.3 is 0 Å². The van der Waals surface area contributed by atoms with Gasteiger partial charge in [0.1, 0.15) is 11.5 Å². The van der Waals surface area contributed by atoms with Crippen LogP contribution in [0.25, 0.3) is 0 Å². The molecule has 3 N–H and O–H groups in total. The van der Waals surface area contributed by atoms with Crippen molar-refractivity contribution in [2.45, 2.75) is 31.8 Å². The first-order valence-electron chi connectivity index (χ1n) is 6.48. The molecule has 1 fully saturated rings. The van der Waals surface area contributed by atoms with E-state index < -0.39 is 6.04 Å². The van der Waals surface area contributed by atoms with Gasteiger partial charge in [-0.05, 0) is 31.0 Å². The Kier molecular flexibility index (Phi) is 3.94. The lowest BCUT2D eigenvalue weighted by Gasteiger charge is -2.30. The lowest BCUT2D eigenvalue weighted by molar-refractivity contribution is -0.148. The van der Waals surface area contributed by atoms with Crippen LogP contribution in [0.1, 0.15) is 31.4 Å². The number of amides is 2. The molecule has 2 rings (SSSR count). The van der Waals surface area contributed by atoms with Crippen LogP contribution in [0.4, 0.5) is 0 Å². The van der Waals surface area contributed by atoms with Gasteiger partial charge in [-0.15, -0.1) is 0 Å². The van der Waals surface area contributed by atoms with Crippen molar-refractivity contribution in [2.24, 2.45) is 0 Å². The fourth-order valence-corrected chi connectivity index (χ4v) is 2.34. The van der Waals surface area contributed by atoms with Gasteiger partial charge in [0.15, 0.2) is 0 Å². The number of hydrogen-bond acceptors (Lipinski definition) is 5. The topological polar surface area (TPSA) is 89.9 Å². The molecule has 0 bridgehead atoms. The molecule has 0 saturated carbocycles. The average Bonchev–Trinajstić information content (AvgIpc) is 2.38. The van der Waals surface area contributed by atoms with Crippen molar-refractivity contribution in [3.63, 3.8) is 0 Å². The number of nitrogens with zero attached hydrogens (tertiary/aromatic N) is 1.